The molecule has 2 aromatic rings. The largest absolute Gasteiger partial charge is 0.418 e. The normalized spacial score (nSPS) is 29.9. The molecule has 42 heavy (non-hydrogen) atoms. The highest BCUT2D eigenvalue weighted by molar-refractivity contribution is 5.86. The molecule has 4 atom stereocenters. The molecule has 5 fully saturated rings. The third-order valence-corrected chi connectivity index (χ3v) is 11.1. The summed E-state index contributed by atoms with van der Waals surface area (Å²) in [4.78, 5) is 32.4. The van der Waals surface area contributed by atoms with Crippen molar-refractivity contribution in [2.75, 3.05) is 40.4 Å². The summed E-state index contributed by atoms with van der Waals surface area (Å²) >= 11 is 0. The number of alkyl halides is 3. The van der Waals surface area contributed by atoms with Crippen molar-refractivity contribution in [2.45, 2.75) is 76.3 Å². The molecule has 12 heteroatoms. The number of nitrogens with zero attached hydrogens (tertiary/aromatic N) is 5. The van der Waals surface area contributed by atoms with E-state index in [4.69, 9.17) is 0 Å². The third-order valence-electron chi connectivity index (χ3n) is 11.1. The standard InChI is InChI=1S/C30H42F3N7O2/c1-36-10-9-29(27(36)41)16-38(17-29)13-19-11-23(30(31,32)33)24-15-39(28(42)40(24)14-19)22-8-4-7-21(12-22)25(20-5-3-6-20)26-35-34-18-37(26)2/h11,14-15,20-22,25-26,34-35H,3-10,12-13,16-18H2,1-2H3/t21?,22?,25-,26?/m1/s1. The fraction of sp³-hybridized carbons (Fsp3) is 0.733. The molecule has 1 amide bonds. The lowest BCUT2D eigenvalue weighted by molar-refractivity contribution is -0.144. The van der Waals surface area contributed by atoms with Gasteiger partial charge in [0, 0.05) is 51.7 Å². The van der Waals surface area contributed by atoms with Gasteiger partial charge < -0.3 is 4.90 Å². The molecule has 3 unspecified atom stereocenters. The van der Waals surface area contributed by atoms with Gasteiger partial charge in [-0.25, -0.2) is 15.6 Å². The highest BCUT2D eigenvalue weighted by atomic mass is 19.4. The number of nitrogens with one attached hydrogen (secondary N) is 2. The van der Waals surface area contributed by atoms with Crippen molar-refractivity contribution in [1.29, 1.82) is 0 Å². The summed E-state index contributed by atoms with van der Waals surface area (Å²) < 4.78 is 45.9. The molecule has 9 nitrogen and oxygen atoms in total. The van der Waals surface area contributed by atoms with Crippen molar-refractivity contribution in [3.63, 3.8) is 0 Å². The van der Waals surface area contributed by atoms with Gasteiger partial charge in [0.1, 0.15) is 0 Å². The van der Waals surface area contributed by atoms with E-state index < -0.39 is 22.8 Å². The molecule has 3 saturated heterocycles. The van der Waals surface area contributed by atoms with Crippen LogP contribution in [0, 0.1) is 23.2 Å². The molecular formula is C30H42F3N7O2. The number of likely N-dealkylation sites (tertiary alicyclic amines) is 2. The first-order valence-electron chi connectivity index (χ1n) is 15.5. The SMILES string of the molecule is CN1CCC2(CN(Cc3cc(C(F)(F)F)c4cn(C5CCCC([C@@H](C6CCC6)C6NNCN6C)C5)c(=O)n4c3)C2)C1=O. The first-order valence-corrected chi connectivity index (χ1v) is 15.5. The Hall–Kier alpha value is -2.41. The number of rotatable bonds is 6. The van der Waals surface area contributed by atoms with Gasteiger partial charge in [-0.15, -0.1) is 0 Å². The molecular weight excluding hydrogens is 547 g/mol. The Morgan fingerprint density at radius 1 is 1.05 bits per heavy atom. The summed E-state index contributed by atoms with van der Waals surface area (Å²) in [5.41, 5.74) is 5.53. The van der Waals surface area contributed by atoms with E-state index >= 15 is 0 Å². The van der Waals surface area contributed by atoms with Crippen molar-refractivity contribution >= 4 is 11.4 Å². The zero-order valence-electron chi connectivity index (χ0n) is 24.5. The van der Waals surface area contributed by atoms with Crippen molar-refractivity contribution in [1.82, 2.24) is 34.5 Å². The van der Waals surface area contributed by atoms with E-state index in [1.165, 1.54) is 35.9 Å². The maximum Gasteiger partial charge on any atom is 0.418 e. The van der Waals surface area contributed by atoms with Crippen molar-refractivity contribution in [3.05, 3.63) is 40.1 Å². The van der Waals surface area contributed by atoms with Gasteiger partial charge in [0.2, 0.25) is 5.91 Å². The Kier molecular flexibility index (Phi) is 6.99. The van der Waals surface area contributed by atoms with Crippen LogP contribution in [0.2, 0.25) is 0 Å². The van der Waals surface area contributed by atoms with Crippen LogP contribution in [0.1, 0.15) is 68.5 Å². The zero-order valence-corrected chi connectivity index (χ0v) is 24.5. The van der Waals surface area contributed by atoms with Crippen LogP contribution in [-0.4, -0.2) is 76.1 Å². The van der Waals surface area contributed by atoms with Crippen LogP contribution in [0.3, 0.4) is 0 Å². The molecule has 7 rings (SSSR count). The topological polar surface area (TPSA) is 77.3 Å². The summed E-state index contributed by atoms with van der Waals surface area (Å²) in [7, 11) is 3.92. The first kappa shape index (κ1) is 28.4. The Morgan fingerprint density at radius 2 is 1.79 bits per heavy atom. The molecule has 1 spiro atoms. The molecule has 2 saturated carbocycles. The summed E-state index contributed by atoms with van der Waals surface area (Å²) in [6.45, 7) is 2.85. The molecule has 0 aromatic carbocycles. The number of hydrogen-bond donors (Lipinski definition) is 2. The zero-order chi connectivity index (χ0) is 29.4. The number of pyridine rings is 1. The van der Waals surface area contributed by atoms with Crippen LogP contribution in [-0.2, 0) is 17.5 Å². The molecule has 5 aliphatic rings. The number of hydrazine groups is 1. The van der Waals surface area contributed by atoms with E-state index in [-0.39, 0.29) is 30.2 Å². The van der Waals surface area contributed by atoms with Gasteiger partial charge >= 0.3 is 11.9 Å². The van der Waals surface area contributed by atoms with Gasteiger partial charge in [0.25, 0.3) is 0 Å². The lowest BCUT2D eigenvalue weighted by Crippen LogP contribution is -2.59. The lowest BCUT2D eigenvalue weighted by atomic mass is 9.65. The number of fused-ring (bicyclic) bond motifs is 1. The first-order chi connectivity index (χ1) is 20.0. The smallest absolute Gasteiger partial charge is 0.345 e. The van der Waals surface area contributed by atoms with Gasteiger partial charge in [-0.1, -0.05) is 25.7 Å². The second-order valence-corrected chi connectivity index (χ2v) is 13.8. The molecule has 2 aliphatic carbocycles. The van der Waals surface area contributed by atoms with E-state index in [0.29, 0.717) is 43.0 Å². The minimum absolute atomic E-state index is 0.0806. The summed E-state index contributed by atoms with van der Waals surface area (Å²) in [6.07, 6.45) is 6.78. The average Bonchev–Trinajstić information content (AvgIpc) is 3.56. The monoisotopic (exact) mass is 589 g/mol. The van der Waals surface area contributed by atoms with Crippen LogP contribution < -0.4 is 16.5 Å². The van der Waals surface area contributed by atoms with Gasteiger partial charge in [0.15, 0.2) is 0 Å². The third kappa shape index (κ3) is 4.69. The van der Waals surface area contributed by atoms with E-state index in [0.717, 1.165) is 38.8 Å². The number of aromatic nitrogens is 2. The quantitative estimate of drug-likeness (QED) is 0.539. The van der Waals surface area contributed by atoms with Crippen LogP contribution in [0.15, 0.2) is 23.3 Å². The molecule has 0 bridgehead atoms. The Labute approximate surface area is 244 Å². The van der Waals surface area contributed by atoms with E-state index in [1.807, 2.05) is 4.90 Å². The van der Waals surface area contributed by atoms with Crippen molar-refractivity contribution in [2.24, 2.45) is 23.2 Å². The van der Waals surface area contributed by atoms with Crippen molar-refractivity contribution < 1.29 is 18.0 Å². The van der Waals surface area contributed by atoms with Gasteiger partial charge in [-0.2, -0.15) is 13.2 Å². The highest BCUT2D eigenvalue weighted by Crippen LogP contribution is 2.47. The Balaban J connectivity index is 1.16. The molecule has 5 heterocycles. The molecule has 0 radical (unpaired) electrons. The van der Waals surface area contributed by atoms with Gasteiger partial charge in [-0.3, -0.25) is 23.6 Å². The molecule has 230 valence electrons. The number of hydrogen-bond acceptors (Lipinski definition) is 6. The molecule has 2 N–H and O–H groups in total. The highest BCUT2D eigenvalue weighted by Gasteiger charge is 2.53. The maximum absolute atomic E-state index is 14.4. The maximum atomic E-state index is 14.4. The fourth-order valence-corrected chi connectivity index (χ4v) is 8.71. The Bertz CT molecular complexity index is 1410. The predicted octanol–water partition coefficient (Wildman–Crippen LogP) is 3.25. The predicted molar refractivity (Wildman–Crippen MR) is 151 cm³/mol. The number of halogens is 3. The van der Waals surface area contributed by atoms with Crippen molar-refractivity contribution in [3.8, 4) is 0 Å². The van der Waals surface area contributed by atoms with Crippen LogP contribution in [0.5, 0.6) is 0 Å². The van der Waals surface area contributed by atoms with E-state index in [1.54, 1.807) is 22.7 Å². The lowest BCUT2D eigenvalue weighted by Gasteiger charge is -2.46. The number of amides is 1. The van der Waals surface area contributed by atoms with E-state index in [9.17, 15) is 22.8 Å². The van der Waals surface area contributed by atoms with Crippen LogP contribution in [0.25, 0.3) is 5.52 Å². The molecule has 2 aromatic heterocycles. The van der Waals surface area contributed by atoms with Crippen LogP contribution >= 0.6 is 0 Å². The Morgan fingerprint density at radius 3 is 2.40 bits per heavy atom. The minimum atomic E-state index is -4.59. The summed E-state index contributed by atoms with van der Waals surface area (Å²) in [6, 6.07) is 1.07. The van der Waals surface area contributed by atoms with Gasteiger partial charge in [-0.05, 0) is 62.1 Å². The molecule has 3 aliphatic heterocycles. The minimum Gasteiger partial charge on any atom is -0.345 e. The van der Waals surface area contributed by atoms with Gasteiger partial charge in [0.05, 0.1) is 29.3 Å². The fourth-order valence-electron chi connectivity index (χ4n) is 8.71. The van der Waals surface area contributed by atoms with E-state index in [2.05, 4.69) is 22.8 Å². The second-order valence-electron chi connectivity index (χ2n) is 13.8. The number of imidazole rings is 1. The number of carbonyl (C=O) groups is 1. The average molecular weight is 590 g/mol. The van der Waals surface area contributed by atoms with Crippen LogP contribution in [0.4, 0.5) is 13.2 Å². The summed E-state index contributed by atoms with van der Waals surface area (Å²) in [5.74, 6) is 1.60. The second kappa shape index (κ2) is 10.3. The summed E-state index contributed by atoms with van der Waals surface area (Å²) in [5, 5.41) is 0. The number of carbonyl (C=O) groups excluding carboxylic acids is 1.